The zero-order valence-corrected chi connectivity index (χ0v) is 9.79. The van der Waals surface area contributed by atoms with Gasteiger partial charge in [0.1, 0.15) is 11.7 Å². The fourth-order valence-corrected chi connectivity index (χ4v) is 2.02. The summed E-state index contributed by atoms with van der Waals surface area (Å²) in [6.45, 7) is 2.49. The van der Waals surface area contributed by atoms with Crippen molar-refractivity contribution in [2.45, 2.75) is 13.0 Å². The molecule has 0 saturated carbocycles. The van der Waals surface area contributed by atoms with Crippen LogP contribution in [0.25, 0.3) is 0 Å². The van der Waals surface area contributed by atoms with Crippen LogP contribution in [0.3, 0.4) is 0 Å². The lowest BCUT2D eigenvalue weighted by Gasteiger charge is -2.44. The molecule has 0 radical (unpaired) electrons. The quantitative estimate of drug-likeness (QED) is 0.707. The lowest BCUT2D eigenvalue weighted by molar-refractivity contribution is -0.153. The van der Waals surface area contributed by atoms with Gasteiger partial charge in [0.05, 0.1) is 7.11 Å². The van der Waals surface area contributed by atoms with E-state index in [0.717, 1.165) is 0 Å². The molecule has 5 heteroatoms. The first-order valence-electron chi connectivity index (χ1n) is 5.45. The van der Waals surface area contributed by atoms with Crippen LogP contribution < -0.4 is 0 Å². The Balaban J connectivity index is 2.14. The van der Waals surface area contributed by atoms with Crippen molar-refractivity contribution in [2.75, 3.05) is 13.7 Å². The average molecular weight is 234 g/mol. The third kappa shape index (κ3) is 2.00. The van der Waals surface area contributed by atoms with E-state index in [0.29, 0.717) is 12.2 Å². The number of carbonyl (C=O) groups is 2. The fourth-order valence-electron chi connectivity index (χ4n) is 2.02. The van der Waals surface area contributed by atoms with E-state index in [4.69, 9.17) is 0 Å². The molecular weight excluding hydrogens is 220 g/mol. The number of nitrogens with zero attached hydrogens (tertiary/aromatic N) is 2. The third-order valence-corrected chi connectivity index (χ3v) is 2.95. The van der Waals surface area contributed by atoms with Crippen molar-refractivity contribution in [2.24, 2.45) is 5.92 Å². The van der Waals surface area contributed by atoms with Crippen molar-refractivity contribution in [3.63, 3.8) is 0 Å². The van der Waals surface area contributed by atoms with Crippen molar-refractivity contribution in [1.82, 2.24) is 9.88 Å². The molecule has 0 spiro atoms. The Hall–Kier alpha value is -1.91. The molecule has 1 amide bonds. The fraction of sp³-hybridized carbons (Fsp3) is 0.417. The minimum Gasteiger partial charge on any atom is -0.467 e. The van der Waals surface area contributed by atoms with Crippen molar-refractivity contribution in [1.29, 1.82) is 0 Å². The van der Waals surface area contributed by atoms with Crippen molar-refractivity contribution in [3.05, 3.63) is 30.1 Å². The predicted molar refractivity (Wildman–Crippen MR) is 60.2 cm³/mol. The van der Waals surface area contributed by atoms with E-state index in [1.54, 1.807) is 24.4 Å². The second kappa shape index (κ2) is 4.53. The minimum atomic E-state index is -0.477. The largest absolute Gasteiger partial charge is 0.467 e. The van der Waals surface area contributed by atoms with E-state index < -0.39 is 6.04 Å². The van der Waals surface area contributed by atoms with Gasteiger partial charge in [-0.15, -0.1) is 0 Å². The van der Waals surface area contributed by atoms with Gasteiger partial charge in [0.25, 0.3) is 5.91 Å². The van der Waals surface area contributed by atoms with E-state index in [1.807, 2.05) is 6.92 Å². The number of likely N-dealkylation sites (tertiary alicyclic amines) is 1. The number of carbonyl (C=O) groups excluding carboxylic acids is 2. The van der Waals surface area contributed by atoms with Gasteiger partial charge in [-0.25, -0.2) is 4.79 Å². The van der Waals surface area contributed by atoms with E-state index >= 15 is 0 Å². The Morgan fingerprint density at radius 1 is 1.47 bits per heavy atom. The van der Waals surface area contributed by atoms with Crippen molar-refractivity contribution >= 4 is 11.9 Å². The maximum atomic E-state index is 12.1. The van der Waals surface area contributed by atoms with E-state index in [1.165, 1.54) is 12.0 Å². The maximum absolute atomic E-state index is 12.1. The minimum absolute atomic E-state index is 0.134. The van der Waals surface area contributed by atoms with Crippen LogP contribution in [0.5, 0.6) is 0 Å². The highest BCUT2D eigenvalue weighted by molar-refractivity contribution is 5.96. The molecule has 0 unspecified atom stereocenters. The van der Waals surface area contributed by atoms with Crippen LogP contribution in [0.15, 0.2) is 24.4 Å². The highest BCUT2D eigenvalue weighted by Gasteiger charge is 2.45. The summed E-state index contributed by atoms with van der Waals surface area (Å²) in [6, 6.07) is 4.65. The average Bonchev–Trinajstić information content (AvgIpc) is 2.35. The molecule has 90 valence electrons. The Morgan fingerprint density at radius 2 is 2.24 bits per heavy atom. The third-order valence-electron chi connectivity index (χ3n) is 2.95. The summed E-state index contributed by atoms with van der Waals surface area (Å²) in [5.41, 5.74) is 0.355. The van der Waals surface area contributed by atoms with Gasteiger partial charge in [0.15, 0.2) is 0 Å². The smallest absolute Gasteiger partial charge is 0.328 e. The molecule has 0 aromatic carbocycles. The first kappa shape index (κ1) is 11.6. The molecule has 2 rings (SSSR count). The standard InChI is InChI=1S/C12H14N2O3/c1-8-7-14(10(8)12(16)17-2)11(15)9-5-3-4-6-13-9/h3-6,8,10H,7H2,1-2H3/t8-,10-/m0/s1. The van der Waals surface area contributed by atoms with E-state index in [-0.39, 0.29) is 17.8 Å². The van der Waals surface area contributed by atoms with Crippen molar-refractivity contribution in [3.8, 4) is 0 Å². The van der Waals surface area contributed by atoms with Crippen LogP contribution in [-0.2, 0) is 9.53 Å². The monoisotopic (exact) mass is 234 g/mol. The number of esters is 1. The Labute approximate surface area is 99.4 Å². The molecule has 0 N–H and O–H groups in total. The molecule has 2 heterocycles. The van der Waals surface area contributed by atoms with E-state index in [2.05, 4.69) is 9.72 Å². The van der Waals surface area contributed by atoms with Gasteiger partial charge in [-0.2, -0.15) is 0 Å². The normalized spacial score (nSPS) is 22.8. The number of pyridine rings is 1. The van der Waals surface area contributed by atoms with Crippen LogP contribution in [-0.4, -0.2) is 41.5 Å². The predicted octanol–water partition coefficient (Wildman–Crippen LogP) is 0.715. The number of hydrogen-bond donors (Lipinski definition) is 0. The zero-order valence-electron chi connectivity index (χ0n) is 9.79. The first-order valence-corrected chi connectivity index (χ1v) is 5.45. The number of methoxy groups -OCH3 is 1. The second-order valence-electron chi connectivity index (χ2n) is 4.12. The Morgan fingerprint density at radius 3 is 2.76 bits per heavy atom. The van der Waals surface area contributed by atoms with Gasteiger partial charge in [0.2, 0.25) is 0 Å². The van der Waals surface area contributed by atoms with Crippen molar-refractivity contribution < 1.29 is 14.3 Å². The molecule has 17 heavy (non-hydrogen) atoms. The Kier molecular flexibility index (Phi) is 3.08. The molecule has 0 bridgehead atoms. The molecule has 1 aromatic heterocycles. The maximum Gasteiger partial charge on any atom is 0.328 e. The summed E-state index contributed by atoms with van der Waals surface area (Å²) in [4.78, 5) is 29.1. The van der Waals surface area contributed by atoms with E-state index in [9.17, 15) is 9.59 Å². The lowest BCUT2D eigenvalue weighted by atomic mass is 9.90. The molecule has 1 aromatic rings. The topological polar surface area (TPSA) is 59.5 Å². The van der Waals surface area contributed by atoms with Crippen LogP contribution in [0, 0.1) is 5.92 Å². The molecule has 1 saturated heterocycles. The summed E-state index contributed by atoms with van der Waals surface area (Å²) in [5, 5.41) is 0. The molecule has 2 atom stereocenters. The molecule has 0 aliphatic carbocycles. The summed E-state index contributed by atoms with van der Waals surface area (Å²) in [6.07, 6.45) is 1.56. The number of amides is 1. The Bertz CT molecular complexity index is 433. The summed E-state index contributed by atoms with van der Waals surface area (Å²) < 4.78 is 4.69. The number of hydrogen-bond acceptors (Lipinski definition) is 4. The number of ether oxygens (including phenoxy) is 1. The van der Waals surface area contributed by atoms with Gasteiger partial charge in [-0.3, -0.25) is 9.78 Å². The van der Waals surface area contributed by atoms with Crippen LogP contribution in [0.2, 0.25) is 0 Å². The van der Waals surface area contributed by atoms with Gasteiger partial charge in [-0.1, -0.05) is 13.0 Å². The highest BCUT2D eigenvalue weighted by Crippen LogP contribution is 2.26. The van der Waals surface area contributed by atoms with Gasteiger partial charge in [-0.05, 0) is 12.1 Å². The van der Waals surface area contributed by atoms with Gasteiger partial charge < -0.3 is 9.64 Å². The first-order chi connectivity index (χ1) is 8.15. The number of rotatable bonds is 2. The molecular formula is C12H14N2O3. The highest BCUT2D eigenvalue weighted by atomic mass is 16.5. The molecule has 5 nitrogen and oxygen atoms in total. The van der Waals surface area contributed by atoms with Crippen LogP contribution >= 0.6 is 0 Å². The summed E-state index contributed by atoms with van der Waals surface area (Å²) in [7, 11) is 1.33. The van der Waals surface area contributed by atoms with Gasteiger partial charge in [0, 0.05) is 18.7 Å². The SMILES string of the molecule is COC(=O)[C@@H]1[C@@H](C)CN1C(=O)c1ccccn1. The molecule has 1 aliphatic rings. The van der Waals surface area contributed by atoms with Crippen LogP contribution in [0.4, 0.5) is 0 Å². The zero-order chi connectivity index (χ0) is 12.4. The number of aromatic nitrogens is 1. The second-order valence-corrected chi connectivity index (χ2v) is 4.12. The molecule has 1 aliphatic heterocycles. The summed E-state index contributed by atoms with van der Waals surface area (Å²) >= 11 is 0. The van der Waals surface area contributed by atoms with Gasteiger partial charge >= 0.3 is 5.97 Å². The molecule has 1 fully saturated rings. The lowest BCUT2D eigenvalue weighted by Crippen LogP contribution is -2.61. The summed E-state index contributed by atoms with van der Waals surface area (Å²) in [5.74, 6) is -0.456. The van der Waals surface area contributed by atoms with Crippen LogP contribution in [0.1, 0.15) is 17.4 Å².